The number of hydrogen-bond acceptors (Lipinski definition) is 2. The number of carboxylic acid groups (broad SMARTS) is 1. The van der Waals surface area contributed by atoms with Crippen LogP contribution >= 0.6 is 12.4 Å². The molecule has 0 radical (unpaired) electrons. The van der Waals surface area contributed by atoms with Gasteiger partial charge < -0.3 is 10.8 Å². The predicted molar refractivity (Wildman–Crippen MR) is 44.7 cm³/mol. The first-order valence-corrected chi connectivity index (χ1v) is 3.61. The van der Waals surface area contributed by atoms with E-state index >= 15 is 0 Å². The molecule has 0 amide bonds. The normalized spacial score (nSPS) is 21.6. The van der Waals surface area contributed by atoms with Crippen molar-refractivity contribution >= 4 is 18.4 Å². The third kappa shape index (κ3) is 2.67. The largest absolute Gasteiger partial charge is 0.480 e. The van der Waals surface area contributed by atoms with Gasteiger partial charge in [-0.2, -0.15) is 0 Å². The molecule has 0 aromatic heterocycles. The molecule has 1 fully saturated rings. The van der Waals surface area contributed by atoms with E-state index in [2.05, 4.69) is 0 Å². The Kier molecular flexibility index (Phi) is 3.83. The Labute approximate surface area is 72.4 Å². The maximum atomic E-state index is 10.3. The maximum Gasteiger partial charge on any atom is 0.320 e. The summed E-state index contributed by atoms with van der Waals surface area (Å²) in [5.41, 5.74) is 5.40. The highest BCUT2D eigenvalue weighted by atomic mass is 35.5. The fourth-order valence-corrected chi connectivity index (χ4v) is 1.14. The highest BCUT2D eigenvalue weighted by molar-refractivity contribution is 5.85. The SMILES string of the molecule is CC(C1CC1)C(N)C(=O)O.Cl. The molecule has 4 heteroatoms. The fraction of sp³-hybridized carbons (Fsp3) is 0.857. The van der Waals surface area contributed by atoms with Gasteiger partial charge in [0.2, 0.25) is 0 Å². The van der Waals surface area contributed by atoms with Crippen LogP contribution in [0.4, 0.5) is 0 Å². The van der Waals surface area contributed by atoms with Crippen LogP contribution in [0.3, 0.4) is 0 Å². The van der Waals surface area contributed by atoms with E-state index in [-0.39, 0.29) is 18.3 Å². The minimum absolute atomic E-state index is 0. The molecule has 2 unspecified atom stereocenters. The first-order chi connectivity index (χ1) is 4.63. The molecule has 1 aliphatic carbocycles. The smallest absolute Gasteiger partial charge is 0.320 e. The van der Waals surface area contributed by atoms with Gasteiger partial charge in [-0.15, -0.1) is 12.4 Å². The van der Waals surface area contributed by atoms with Crippen LogP contribution in [0.15, 0.2) is 0 Å². The van der Waals surface area contributed by atoms with Gasteiger partial charge in [0.1, 0.15) is 6.04 Å². The minimum atomic E-state index is -0.876. The molecule has 0 spiro atoms. The van der Waals surface area contributed by atoms with E-state index in [1.165, 1.54) is 0 Å². The number of carboxylic acids is 1. The number of rotatable bonds is 3. The molecule has 0 aliphatic heterocycles. The standard InChI is InChI=1S/C7H13NO2.ClH/c1-4(5-2-3-5)6(8)7(9)10;/h4-6H,2-3,8H2,1H3,(H,9,10);1H. The average molecular weight is 180 g/mol. The first-order valence-electron chi connectivity index (χ1n) is 3.61. The molecule has 2 atom stereocenters. The van der Waals surface area contributed by atoms with Crippen molar-refractivity contribution in [2.45, 2.75) is 25.8 Å². The number of nitrogens with two attached hydrogens (primary N) is 1. The van der Waals surface area contributed by atoms with E-state index in [4.69, 9.17) is 10.8 Å². The molecule has 3 N–H and O–H groups in total. The third-order valence-electron chi connectivity index (χ3n) is 2.22. The molecule has 0 aromatic rings. The van der Waals surface area contributed by atoms with Crippen molar-refractivity contribution < 1.29 is 9.90 Å². The monoisotopic (exact) mass is 179 g/mol. The number of aliphatic carboxylic acids is 1. The molecule has 1 aliphatic rings. The summed E-state index contributed by atoms with van der Waals surface area (Å²) in [5.74, 6) is -0.150. The van der Waals surface area contributed by atoms with Gasteiger partial charge in [-0.1, -0.05) is 6.92 Å². The second kappa shape index (κ2) is 3.93. The molecule has 0 aromatic carbocycles. The lowest BCUT2D eigenvalue weighted by molar-refractivity contribution is -0.139. The molecule has 66 valence electrons. The lowest BCUT2D eigenvalue weighted by Crippen LogP contribution is -2.37. The summed E-state index contributed by atoms with van der Waals surface area (Å²) in [4.78, 5) is 10.3. The van der Waals surface area contributed by atoms with Gasteiger partial charge in [0.15, 0.2) is 0 Å². The van der Waals surface area contributed by atoms with E-state index in [0.717, 1.165) is 12.8 Å². The molecule has 11 heavy (non-hydrogen) atoms. The molecule has 0 bridgehead atoms. The van der Waals surface area contributed by atoms with E-state index < -0.39 is 12.0 Å². The quantitative estimate of drug-likeness (QED) is 0.676. The zero-order valence-corrected chi connectivity index (χ0v) is 7.30. The Balaban J connectivity index is 0.000001000. The fourth-order valence-electron chi connectivity index (χ4n) is 1.14. The Bertz CT molecular complexity index is 147. The van der Waals surface area contributed by atoms with Crippen molar-refractivity contribution in [3.8, 4) is 0 Å². The number of hydrogen-bond donors (Lipinski definition) is 2. The van der Waals surface area contributed by atoms with E-state index in [1.54, 1.807) is 0 Å². The van der Waals surface area contributed by atoms with Crippen molar-refractivity contribution in [2.75, 3.05) is 0 Å². The van der Waals surface area contributed by atoms with Crippen molar-refractivity contribution in [2.24, 2.45) is 17.6 Å². The summed E-state index contributed by atoms with van der Waals surface area (Å²) < 4.78 is 0. The molecule has 0 heterocycles. The zero-order chi connectivity index (χ0) is 7.72. The molecular weight excluding hydrogens is 166 g/mol. The summed E-state index contributed by atoms with van der Waals surface area (Å²) in [6.45, 7) is 1.91. The number of halogens is 1. The second-order valence-corrected chi connectivity index (χ2v) is 3.06. The van der Waals surface area contributed by atoms with Gasteiger partial charge in [0, 0.05) is 0 Å². The Morgan fingerprint density at radius 2 is 2.09 bits per heavy atom. The van der Waals surface area contributed by atoms with Crippen LogP contribution in [0.25, 0.3) is 0 Å². The third-order valence-corrected chi connectivity index (χ3v) is 2.22. The highest BCUT2D eigenvalue weighted by Crippen LogP contribution is 2.37. The van der Waals surface area contributed by atoms with E-state index in [9.17, 15) is 4.79 Å². The van der Waals surface area contributed by atoms with Gasteiger partial charge in [0.25, 0.3) is 0 Å². The van der Waals surface area contributed by atoms with Crippen LogP contribution in [0.2, 0.25) is 0 Å². The van der Waals surface area contributed by atoms with E-state index in [1.807, 2.05) is 6.92 Å². The summed E-state index contributed by atoms with van der Waals surface area (Å²) in [7, 11) is 0. The Morgan fingerprint density at radius 3 is 2.36 bits per heavy atom. The van der Waals surface area contributed by atoms with Gasteiger partial charge in [-0.05, 0) is 24.7 Å². The average Bonchev–Trinajstić information content (AvgIpc) is 2.65. The van der Waals surface area contributed by atoms with Gasteiger partial charge >= 0.3 is 5.97 Å². The van der Waals surface area contributed by atoms with Gasteiger partial charge in [-0.3, -0.25) is 4.79 Å². The predicted octanol–water partition coefficient (Wildman–Crippen LogP) is 0.866. The summed E-state index contributed by atoms with van der Waals surface area (Å²) >= 11 is 0. The lowest BCUT2D eigenvalue weighted by Gasteiger charge is -2.13. The van der Waals surface area contributed by atoms with Crippen LogP contribution in [-0.2, 0) is 4.79 Å². The number of carbonyl (C=O) groups is 1. The molecule has 1 saturated carbocycles. The minimum Gasteiger partial charge on any atom is -0.480 e. The molecule has 3 nitrogen and oxygen atoms in total. The van der Waals surface area contributed by atoms with Crippen molar-refractivity contribution in [3.05, 3.63) is 0 Å². The van der Waals surface area contributed by atoms with Crippen LogP contribution in [0.5, 0.6) is 0 Å². The van der Waals surface area contributed by atoms with Crippen molar-refractivity contribution in [1.82, 2.24) is 0 Å². The molecule has 1 rings (SSSR count). The second-order valence-electron chi connectivity index (χ2n) is 3.06. The van der Waals surface area contributed by atoms with Gasteiger partial charge in [0.05, 0.1) is 0 Å². The van der Waals surface area contributed by atoms with Crippen LogP contribution < -0.4 is 5.73 Å². The summed E-state index contributed by atoms with van der Waals surface area (Å²) in [6, 6.07) is -0.660. The Hall–Kier alpha value is -0.280. The lowest BCUT2D eigenvalue weighted by atomic mass is 9.98. The van der Waals surface area contributed by atoms with E-state index in [0.29, 0.717) is 5.92 Å². The maximum absolute atomic E-state index is 10.3. The first kappa shape index (κ1) is 10.7. The summed E-state index contributed by atoms with van der Waals surface area (Å²) in [5, 5.41) is 8.50. The highest BCUT2D eigenvalue weighted by Gasteiger charge is 2.34. The zero-order valence-electron chi connectivity index (χ0n) is 6.49. The van der Waals surface area contributed by atoms with Crippen LogP contribution in [-0.4, -0.2) is 17.1 Å². The van der Waals surface area contributed by atoms with Crippen molar-refractivity contribution in [1.29, 1.82) is 0 Å². The summed E-state index contributed by atoms with van der Waals surface area (Å²) in [6.07, 6.45) is 2.31. The Morgan fingerprint density at radius 1 is 1.64 bits per heavy atom. The van der Waals surface area contributed by atoms with Crippen molar-refractivity contribution in [3.63, 3.8) is 0 Å². The molecular formula is C7H14ClNO2. The van der Waals surface area contributed by atoms with Gasteiger partial charge in [-0.25, -0.2) is 0 Å². The topological polar surface area (TPSA) is 63.3 Å². The van der Waals surface area contributed by atoms with Crippen LogP contribution in [0.1, 0.15) is 19.8 Å². The van der Waals surface area contributed by atoms with Crippen LogP contribution in [0, 0.1) is 11.8 Å². The molecule has 0 saturated heterocycles.